The summed E-state index contributed by atoms with van der Waals surface area (Å²) in [6, 6.07) is 15.7. The van der Waals surface area contributed by atoms with Crippen LogP contribution in [0.15, 0.2) is 48.5 Å². The third kappa shape index (κ3) is 3.42. The number of amides is 3. The third-order valence-corrected chi connectivity index (χ3v) is 5.72. The monoisotopic (exact) mass is 363 g/mol. The smallest absolute Gasteiger partial charge is 0.321 e. The van der Waals surface area contributed by atoms with Crippen molar-refractivity contribution in [2.24, 2.45) is 5.41 Å². The average Bonchev–Trinajstić information content (AvgIpc) is 3.19. The maximum Gasteiger partial charge on any atom is 0.321 e. The lowest BCUT2D eigenvalue weighted by Gasteiger charge is -2.25. The molecule has 3 amide bonds. The fourth-order valence-electron chi connectivity index (χ4n) is 4.29. The Bertz CT molecular complexity index is 895. The SMILES string of the molecule is Cc1cccc(NC(=O)N2CC[C@]3(CC(=O)N(c4ccccc4C)C3)C2)c1. The Hall–Kier alpha value is -2.82. The second-order valence-electron chi connectivity index (χ2n) is 7.91. The summed E-state index contributed by atoms with van der Waals surface area (Å²) >= 11 is 0. The molecule has 0 unspecified atom stereocenters. The van der Waals surface area contributed by atoms with Crippen molar-refractivity contribution in [3.8, 4) is 0 Å². The summed E-state index contributed by atoms with van der Waals surface area (Å²) in [5.41, 5.74) is 3.88. The fraction of sp³-hybridized carbons (Fsp3) is 0.364. The number of urea groups is 1. The highest BCUT2D eigenvalue weighted by atomic mass is 16.2. The standard InChI is InChI=1S/C22H25N3O2/c1-16-6-5-8-18(12-16)23-21(27)24-11-10-22(14-24)13-20(26)25(15-22)19-9-4-3-7-17(19)2/h3-9,12H,10-11,13-15H2,1-2H3,(H,23,27)/t22-/m0/s1. The summed E-state index contributed by atoms with van der Waals surface area (Å²) in [6.07, 6.45) is 1.37. The molecule has 1 atom stereocenters. The minimum absolute atomic E-state index is 0.0840. The molecule has 2 aliphatic heterocycles. The van der Waals surface area contributed by atoms with E-state index in [0.717, 1.165) is 28.9 Å². The molecule has 1 N–H and O–H groups in total. The topological polar surface area (TPSA) is 52.7 Å². The maximum absolute atomic E-state index is 12.7. The highest BCUT2D eigenvalue weighted by molar-refractivity contribution is 5.97. The van der Waals surface area contributed by atoms with Crippen LogP contribution in [0.2, 0.25) is 0 Å². The first-order valence-electron chi connectivity index (χ1n) is 9.44. The van der Waals surface area contributed by atoms with E-state index in [1.54, 1.807) is 0 Å². The van der Waals surface area contributed by atoms with Crippen LogP contribution in [0.5, 0.6) is 0 Å². The normalized spacial score (nSPS) is 21.9. The molecule has 4 rings (SSSR count). The second kappa shape index (κ2) is 6.72. The van der Waals surface area contributed by atoms with Gasteiger partial charge in [0.1, 0.15) is 0 Å². The zero-order valence-corrected chi connectivity index (χ0v) is 15.9. The van der Waals surface area contributed by atoms with Gasteiger partial charge < -0.3 is 15.1 Å². The van der Waals surface area contributed by atoms with Crippen molar-refractivity contribution in [2.75, 3.05) is 29.9 Å². The van der Waals surface area contributed by atoms with Crippen molar-refractivity contribution in [3.63, 3.8) is 0 Å². The Kier molecular flexibility index (Phi) is 4.38. The van der Waals surface area contributed by atoms with Crippen molar-refractivity contribution in [1.29, 1.82) is 0 Å². The van der Waals surface area contributed by atoms with E-state index in [0.29, 0.717) is 26.1 Å². The lowest BCUT2D eigenvalue weighted by atomic mass is 9.86. The number of carbonyl (C=O) groups excluding carboxylic acids is 2. The van der Waals surface area contributed by atoms with Crippen LogP contribution >= 0.6 is 0 Å². The molecule has 1 spiro atoms. The van der Waals surface area contributed by atoms with Gasteiger partial charge in [0.05, 0.1) is 0 Å². The van der Waals surface area contributed by atoms with Crippen molar-refractivity contribution in [3.05, 3.63) is 59.7 Å². The van der Waals surface area contributed by atoms with Gasteiger partial charge in [0, 0.05) is 42.8 Å². The van der Waals surface area contributed by atoms with Crippen molar-refractivity contribution < 1.29 is 9.59 Å². The molecule has 5 nitrogen and oxygen atoms in total. The average molecular weight is 363 g/mol. The lowest BCUT2D eigenvalue weighted by Crippen LogP contribution is -2.36. The van der Waals surface area contributed by atoms with E-state index < -0.39 is 0 Å². The first-order chi connectivity index (χ1) is 13.0. The number of carbonyl (C=O) groups is 2. The molecule has 5 heteroatoms. The van der Waals surface area contributed by atoms with Crippen molar-refractivity contribution in [1.82, 2.24) is 4.90 Å². The number of para-hydroxylation sites is 1. The molecule has 2 saturated heterocycles. The van der Waals surface area contributed by atoms with Gasteiger partial charge in [0.25, 0.3) is 0 Å². The van der Waals surface area contributed by atoms with E-state index in [1.807, 2.05) is 72.2 Å². The number of aryl methyl sites for hydroxylation is 2. The first-order valence-corrected chi connectivity index (χ1v) is 9.44. The Morgan fingerprint density at radius 3 is 2.67 bits per heavy atom. The zero-order chi connectivity index (χ0) is 19.0. The van der Waals surface area contributed by atoms with E-state index in [-0.39, 0.29) is 17.4 Å². The number of benzene rings is 2. The van der Waals surface area contributed by atoms with E-state index >= 15 is 0 Å². The molecule has 2 aromatic carbocycles. The highest BCUT2D eigenvalue weighted by Crippen LogP contribution is 2.42. The summed E-state index contributed by atoms with van der Waals surface area (Å²) < 4.78 is 0. The molecule has 140 valence electrons. The molecule has 0 radical (unpaired) electrons. The Balaban J connectivity index is 1.45. The van der Waals surface area contributed by atoms with Gasteiger partial charge in [-0.25, -0.2) is 4.79 Å². The summed E-state index contributed by atoms with van der Waals surface area (Å²) in [5, 5.41) is 2.98. The van der Waals surface area contributed by atoms with Crippen LogP contribution in [-0.4, -0.2) is 36.5 Å². The molecular formula is C22H25N3O2. The van der Waals surface area contributed by atoms with E-state index in [2.05, 4.69) is 5.32 Å². The van der Waals surface area contributed by atoms with E-state index in [9.17, 15) is 9.59 Å². The van der Waals surface area contributed by atoms with E-state index in [4.69, 9.17) is 0 Å². The van der Waals surface area contributed by atoms with Crippen LogP contribution in [-0.2, 0) is 4.79 Å². The Morgan fingerprint density at radius 2 is 1.89 bits per heavy atom. The maximum atomic E-state index is 12.7. The number of hydrogen-bond acceptors (Lipinski definition) is 2. The van der Waals surface area contributed by atoms with Crippen LogP contribution in [0.3, 0.4) is 0 Å². The largest absolute Gasteiger partial charge is 0.324 e. The minimum atomic E-state index is -0.136. The molecule has 0 bridgehead atoms. The number of rotatable bonds is 2. The Labute approximate surface area is 160 Å². The number of hydrogen-bond donors (Lipinski definition) is 1. The van der Waals surface area contributed by atoms with Gasteiger partial charge in [-0.1, -0.05) is 30.3 Å². The quantitative estimate of drug-likeness (QED) is 0.878. The molecule has 2 aromatic rings. The van der Waals surface area contributed by atoms with Crippen molar-refractivity contribution >= 4 is 23.3 Å². The number of likely N-dealkylation sites (tertiary alicyclic amines) is 1. The van der Waals surface area contributed by atoms with Crippen LogP contribution in [0.1, 0.15) is 24.0 Å². The highest BCUT2D eigenvalue weighted by Gasteiger charge is 2.49. The third-order valence-electron chi connectivity index (χ3n) is 5.72. The fourth-order valence-corrected chi connectivity index (χ4v) is 4.29. The van der Waals surface area contributed by atoms with E-state index in [1.165, 1.54) is 0 Å². The number of nitrogens with zero attached hydrogens (tertiary/aromatic N) is 2. The van der Waals surface area contributed by atoms with Crippen LogP contribution in [0.4, 0.5) is 16.2 Å². The lowest BCUT2D eigenvalue weighted by molar-refractivity contribution is -0.117. The second-order valence-corrected chi connectivity index (χ2v) is 7.91. The number of anilines is 2. The summed E-state index contributed by atoms with van der Waals surface area (Å²) in [7, 11) is 0. The first kappa shape index (κ1) is 17.6. The summed E-state index contributed by atoms with van der Waals surface area (Å²) in [5.74, 6) is 0.158. The van der Waals surface area contributed by atoms with Crippen LogP contribution in [0, 0.1) is 19.3 Å². The van der Waals surface area contributed by atoms with Gasteiger partial charge in [-0.3, -0.25) is 4.79 Å². The molecule has 0 aliphatic carbocycles. The summed E-state index contributed by atoms with van der Waals surface area (Å²) in [4.78, 5) is 29.1. The molecule has 0 saturated carbocycles. The molecule has 0 aromatic heterocycles. The number of nitrogens with one attached hydrogen (secondary N) is 1. The van der Waals surface area contributed by atoms with Gasteiger partial charge in [0.15, 0.2) is 0 Å². The minimum Gasteiger partial charge on any atom is -0.324 e. The van der Waals surface area contributed by atoms with Crippen LogP contribution < -0.4 is 10.2 Å². The summed E-state index contributed by atoms with van der Waals surface area (Å²) in [6.45, 7) is 6.03. The van der Waals surface area contributed by atoms with Gasteiger partial charge in [-0.15, -0.1) is 0 Å². The van der Waals surface area contributed by atoms with Gasteiger partial charge in [-0.05, 0) is 49.6 Å². The molecular weight excluding hydrogens is 338 g/mol. The predicted octanol–water partition coefficient (Wildman–Crippen LogP) is 3.96. The molecule has 27 heavy (non-hydrogen) atoms. The zero-order valence-electron chi connectivity index (χ0n) is 15.9. The molecule has 2 aliphatic rings. The van der Waals surface area contributed by atoms with Crippen molar-refractivity contribution in [2.45, 2.75) is 26.7 Å². The molecule has 2 fully saturated rings. The van der Waals surface area contributed by atoms with Gasteiger partial charge in [-0.2, -0.15) is 0 Å². The molecule has 2 heterocycles. The van der Waals surface area contributed by atoms with Gasteiger partial charge in [0.2, 0.25) is 5.91 Å². The predicted molar refractivity (Wildman–Crippen MR) is 107 cm³/mol. The van der Waals surface area contributed by atoms with Crippen LogP contribution in [0.25, 0.3) is 0 Å². The Morgan fingerprint density at radius 1 is 1.07 bits per heavy atom. The van der Waals surface area contributed by atoms with Gasteiger partial charge >= 0.3 is 6.03 Å².